The van der Waals surface area contributed by atoms with Crippen LogP contribution in [0, 0.1) is 0 Å². The van der Waals surface area contributed by atoms with Gasteiger partial charge in [-0.1, -0.05) is 0 Å². The highest BCUT2D eigenvalue weighted by molar-refractivity contribution is 5.79. The third-order valence-electron chi connectivity index (χ3n) is 1.49. The highest BCUT2D eigenvalue weighted by Crippen LogP contribution is 2.06. The first kappa shape index (κ1) is 13.7. The molecule has 0 aliphatic carbocycles. The fourth-order valence-electron chi connectivity index (χ4n) is 0.646. The molecule has 0 spiro atoms. The number of rotatable bonds is 3. The van der Waals surface area contributed by atoms with Crippen LogP contribution in [0.4, 0.5) is 4.79 Å². The Morgan fingerprint density at radius 3 is 2.13 bits per heavy atom. The third-order valence-corrected chi connectivity index (χ3v) is 1.49. The van der Waals surface area contributed by atoms with Gasteiger partial charge in [-0.25, -0.2) is 4.79 Å². The van der Waals surface area contributed by atoms with Gasteiger partial charge in [0.1, 0.15) is 11.1 Å². The van der Waals surface area contributed by atoms with Crippen molar-refractivity contribution >= 4 is 12.1 Å². The van der Waals surface area contributed by atoms with Crippen molar-refractivity contribution in [3.8, 4) is 0 Å². The Bertz CT molecular complexity index is 255. The number of carboxylic acids is 1. The average Bonchev–Trinajstić information content (AvgIpc) is 1.97. The Kier molecular flexibility index (Phi) is 4.09. The summed E-state index contributed by atoms with van der Waals surface area (Å²) in [6.45, 7) is 6.27. The van der Waals surface area contributed by atoms with E-state index in [-0.39, 0.29) is 6.54 Å². The lowest BCUT2D eigenvalue weighted by molar-refractivity contribution is -0.142. The van der Waals surface area contributed by atoms with Gasteiger partial charge in [-0.15, -0.1) is 0 Å². The zero-order valence-corrected chi connectivity index (χ0v) is 9.46. The van der Waals surface area contributed by atoms with Crippen LogP contribution < -0.4 is 11.1 Å². The number of nitrogens with one attached hydrogen (secondary N) is 1. The van der Waals surface area contributed by atoms with Crippen LogP contribution in [-0.2, 0) is 9.53 Å². The van der Waals surface area contributed by atoms with Gasteiger partial charge >= 0.3 is 12.1 Å². The zero-order chi connectivity index (χ0) is 12.3. The van der Waals surface area contributed by atoms with Crippen LogP contribution in [0.15, 0.2) is 0 Å². The lowest BCUT2D eigenvalue weighted by Crippen LogP contribution is -2.54. The van der Waals surface area contributed by atoms with Gasteiger partial charge in [-0.3, -0.25) is 4.79 Å². The van der Waals surface area contributed by atoms with E-state index in [0.717, 1.165) is 0 Å². The molecule has 0 bridgehead atoms. The number of carbonyl (C=O) groups excluding carboxylic acids is 1. The predicted octanol–water partition coefficient (Wildman–Crippen LogP) is 0.313. The second kappa shape index (κ2) is 4.48. The molecule has 0 saturated carbocycles. The van der Waals surface area contributed by atoms with Crippen LogP contribution in [-0.4, -0.2) is 34.9 Å². The molecule has 0 heterocycles. The Labute approximate surface area is 88.8 Å². The maximum Gasteiger partial charge on any atom is 0.407 e. The topological polar surface area (TPSA) is 102 Å². The standard InChI is InChI=1S/C9H18N2O4/c1-8(2,3)15-7(14)11-5-9(4,10)6(12)13/h5,10H2,1-4H3,(H,11,14)(H,12,13)/t9-/m1/s1. The van der Waals surface area contributed by atoms with Crippen LogP contribution in [0.5, 0.6) is 0 Å². The quantitative estimate of drug-likeness (QED) is 0.633. The van der Waals surface area contributed by atoms with E-state index in [2.05, 4.69) is 5.32 Å². The van der Waals surface area contributed by atoms with Gasteiger partial charge in [0.25, 0.3) is 0 Å². The van der Waals surface area contributed by atoms with Crippen molar-refractivity contribution in [3.05, 3.63) is 0 Å². The molecule has 0 radical (unpaired) electrons. The molecule has 88 valence electrons. The zero-order valence-electron chi connectivity index (χ0n) is 9.46. The van der Waals surface area contributed by atoms with E-state index >= 15 is 0 Å². The summed E-state index contributed by atoms with van der Waals surface area (Å²) in [6.07, 6.45) is -0.680. The fourth-order valence-corrected chi connectivity index (χ4v) is 0.646. The minimum absolute atomic E-state index is 0.183. The van der Waals surface area contributed by atoms with Crippen molar-refractivity contribution in [1.82, 2.24) is 5.32 Å². The van der Waals surface area contributed by atoms with Gasteiger partial charge in [0.05, 0.1) is 0 Å². The maximum absolute atomic E-state index is 11.1. The SMILES string of the molecule is CC(C)(C)OC(=O)NC[C@@](C)(N)C(=O)O. The molecule has 4 N–H and O–H groups in total. The van der Waals surface area contributed by atoms with Crippen LogP contribution in [0.2, 0.25) is 0 Å². The van der Waals surface area contributed by atoms with Gasteiger partial charge in [-0.2, -0.15) is 0 Å². The largest absolute Gasteiger partial charge is 0.480 e. The first-order valence-corrected chi connectivity index (χ1v) is 4.54. The van der Waals surface area contributed by atoms with E-state index < -0.39 is 23.2 Å². The van der Waals surface area contributed by atoms with E-state index in [1.54, 1.807) is 20.8 Å². The monoisotopic (exact) mass is 218 g/mol. The summed E-state index contributed by atoms with van der Waals surface area (Å²) >= 11 is 0. The lowest BCUT2D eigenvalue weighted by Gasteiger charge is -2.23. The molecule has 6 heteroatoms. The van der Waals surface area contributed by atoms with Crippen LogP contribution in [0.3, 0.4) is 0 Å². The summed E-state index contributed by atoms with van der Waals surface area (Å²) in [5.74, 6) is -1.18. The first-order chi connectivity index (χ1) is 6.54. The van der Waals surface area contributed by atoms with Crippen LogP contribution in [0.25, 0.3) is 0 Å². The van der Waals surface area contributed by atoms with Gasteiger partial charge < -0.3 is 20.9 Å². The van der Waals surface area contributed by atoms with Gasteiger partial charge in [-0.05, 0) is 27.7 Å². The van der Waals surface area contributed by atoms with Crippen molar-refractivity contribution in [1.29, 1.82) is 0 Å². The highest BCUT2D eigenvalue weighted by atomic mass is 16.6. The number of aliphatic carboxylic acids is 1. The van der Waals surface area contributed by atoms with E-state index in [4.69, 9.17) is 15.6 Å². The molecule has 0 aliphatic rings. The normalized spacial score (nSPS) is 15.3. The second-order valence-corrected chi connectivity index (χ2v) is 4.58. The molecule has 0 aromatic rings. The number of hydrogen-bond donors (Lipinski definition) is 3. The van der Waals surface area contributed by atoms with Gasteiger partial charge in [0.15, 0.2) is 0 Å². The van der Waals surface area contributed by atoms with E-state index in [1.165, 1.54) is 6.92 Å². The smallest absolute Gasteiger partial charge is 0.407 e. The molecule has 0 aliphatic heterocycles. The first-order valence-electron chi connectivity index (χ1n) is 4.54. The molecular weight excluding hydrogens is 200 g/mol. The number of ether oxygens (including phenoxy) is 1. The highest BCUT2D eigenvalue weighted by Gasteiger charge is 2.29. The summed E-state index contributed by atoms with van der Waals surface area (Å²) in [5.41, 5.74) is 3.30. The van der Waals surface area contributed by atoms with E-state index in [9.17, 15) is 9.59 Å². The number of carbonyl (C=O) groups is 2. The average molecular weight is 218 g/mol. The molecule has 1 amide bonds. The molecule has 0 fully saturated rings. The Morgan fingerprint density at radius 1 is 1.33 bits per heavy atom. The maximum atomic E-state index is 11.1. The predicted molar refractivity (Wildman–Crippen MR) is 54.5 cm³/mol. The Balaban J connectivity index is 4.07. The second-order valence-electron chi connectivity index (χ2n) is 4.58. The van der Waals surface area contributed by atoms with E-state index in [1.807, 2.05) is 0 Å². The molecule has 6 nitrogen and oxygen atoms in total. The van der Waals surface area contributed by atoms with Crippen LogP contribution in [0.1, 0.15) is 27.7 Å². The summed E-state index contributed by atoms with van der Waals surface area (Å²) < 4.78 is 4.91. The number of hydrogen-bond acceptors (Lipinski definition) is 4. The van der Waals surface area contributed by atoms with Crippen molar-refractivity contribution < 1.29 is 19.4 Å². The van der Waals surface area contributed by atoms with Gasteiger partial charge in [0, 0.05) is 6.54 Å². The summed E-state index contributed by atoms with van der Waals surface area (Å²) in [4.78, 5) is 21.7. The van der Waals surface area contributed by atoms with E-state index in [0.29, 0.717) is 0 Å². The molecule has 0 unspecified atom stereocenters. The van der Waals surface area contributed by atoms with Crippen molar-refractivity contribution in [3.63, 3.8) is 0 Å². The lowest BCUT2D eigenvalue weighted by atomic mass is 10.1. The summed E-state index contributed by atoms with van der Waals surface area (Å²) in [7, 11) is 0. The number of carboxylic acid groups (broad SMARTS) is 1. The molecule has 1 atom stereocenters. The summed E-state index contributed by atoms with van der Waals surface area (Å²) in [5, 5.41) is 11.0. The third kappa shape index (κ3) is 5.90. The minimum atomic E-state index is -1.49. The number of amides is 1. The van der Waals surface area contributed by atoms with Crippen molar-refractivity contribution in [2.24, 2.45) is 5.73 Å². The molecule has 0 aromatic carbocycles. The van der Waals surface area contributed by atoms with Gasteiger partial charge in [0.2, 0.25) is 0 Å². The number of nitrogens with two attached hydrogens (primary N) is 1. The minimum Gasteiger partial charge on any atom is -0.480 e. The fraction of sp³-hybridized carbons (Fsp3) is 0.778. The Hall–Kier alpha value is -1.30. The molecule has 0 rings (SSSR count). The van der Waals surface area contributed by atoms with Crippen LogP contribution >= 0.6 is 0 Å². The molecule has 15 heavy (non-hydrogen) atoms. The molecule has 0 aromatic heterocycles. The van der Waals surface area contributed by atoms with Crippen molar-refractivity contribution in [2.75, 3.05) is 6.54 Å². The summed E-state index contributed by atoms with van der Waals surface area (Å²) in [6, 6.07) is 0. The molecule has 0 saturated heterocycles. The number of alkyl carbamates (subject to hydrolysis) is 1. The van der Waals surface area contributed by atoms with Crippen molar-refractivity contribution in [2.45, 2.75) is 38.8 Å². The Morgan fingerprint density at radius 2 is 1.80 bits per heavy atom. The molecular formula is C9H18N2O4.